The fraction of sp³-hybridized carbons (Fsp3) is 0.414. The maximum atomic E-state index is 13.7. The zero-order valence-electron chi connectivity index (χ0n) is 23.5. The van der Waals surface area contributed by atoms with Gasteiger partial charge in [0.05, 0.1) is 37.8 Å². The fourth-order valence-corrected chi connectivity index (χ4v) is 6.58. The Hall–Kier alpha value is -3.09. The highest BCUT2D eigenvalue weighted by atomic mass is 32.2. The molecule has 1 amide bonds. The number of amides is 1. The van der Waals surface area contributed by atoms with Gasteiger partial charge in [-0.05, 0) is 67.8 Å². The van der Waals surface area contributed by atoms with Gasteiger partial charge in [-0.25, -0.2) is 8.42 Å². The van der Waals surface area contributed by atoms with Crippen LogP contribution in [0.3, 0.4) is 0 Å². The maximum Gasteiger partial charge on any atom is 0.416 e. The van der Waals surface area contributed by atoms with E-state index < -0.39 is 39.1 Å². The van der Waals surface area contributed by atoms with E-state index in [2.05, 4.69) is 0 Å². The lowest BCUT2D eigenvalue weighted by molar-refractivity contribution is -0.137. The first kappa shape index (κ1) is 32.4. The minimum absolute atomic E-state index is 0.00243. The number of ether oxygens (including phenoxy) is 2. The number of carbonyl (C=O) groups is 1. The third-order valence-corrected chi connectivity index (χ3v) is 9.31. The first-order valence-electron chi connectivity index (χ1n) is 13.1. The molecule has 0 saturated heterocycles. The molecule has 0 aliphatic rings. The van der Waals surface area contributed by atoms with Crippen LogP contribution in [0.25, 0.3) is 0 Å². The van der Waals surface area contributed by atoms with Crippen molar-refractivity contribution in [1.29, 1.82) is 0 Å². The van der Waals surface area contributed by atoms with E-state index in [0.717, 1.165) is 37.8 Å². The summed E-state index contributed by atoms with van der Waals surface area (Å²) in [5.41, 5.74) is -0.174. The van der Waals surface area contributed by atoms with Gasteiger partial charge in [-0.3, -0.25) is 4.79 Å². The third kappa shape index (κ3) is 8.70. The van der Waals surface area contributed by atoms with Crippen molar-refractivity contribution in [1.82, 2.24) is 9.21 Å². The maximum absolute atomic E-state index is 13.7. The number of hydrogen-bond acceptors (Lipinski definition) is 6. The summed E-state index contributed by atoms with van der Waals surface area (Å²) in [5, 5.41) is 0. The number of nitrogens with zero attached hydrogens (tertiary/aromatic N) is 2. The Morgan fingerprint density at radius 3 is 2.32 bits per heavy atom. The highest BCUT2D eigenvalue weighted by molar-refractivity contribution is 7.89. The second kappa shape index (κ2) is 14.2. The van der Waals surface area contributed by atoms with Crippen molar-refractivity contribution in [3.63, 3.8) is 0 Å². The predicted octanol–water partition coefficient (Wildman–Crippen LogP) is 6.15. The van der Waals surface area contributed by atoms with Crippen LogP contribution in [0.5, 0.6) is 11.5 Å². The molecule has 224 valence electrons. The molecule has 1 heterocycles. The van der Waals surface area contributed by atoms with Crippen LogP contribution in [-0.2, 0) is 34.0 Å². The van der Waals surface area contributed by atoms with Gasteiger partial charge in [0.1, 0.15) is 0 Å². The van der Waals surface area contributed by atoms with E-state index in [-0.39, 0.29) is 19.6 Å². The molecule has 12 heteroatoms. The number of thiophene rings is 1. The summed E-state index contributed by atoms with van der Waals surface area (Å²) in [5.74, 6) is 0.683. The van der Waals surface area contributed by atoms with Crippen LogP contribution in [0.1, 0.15) is 40.6 Å². The minimum atomic E-state index is -4.70. The van der Waals surface area contributed by atoms with Gasteiger partial charge in [-0.1, -0.05) is 25.5 Å². The largest absolute Gasteiger partial charge is 0.493 e. The molecule has 1 aromatic heterocycles. The molecule has 41 heavy (non-hydrogen) atoms. The van der Waals surface area contributed by atoms with Crippen LogP contribution < -0.4 is 9.47 Å². The van der Waals surface area contributed by atoms with E-state index in [1.165, 1.54) is 18.4 Å². The van der Waals surface area contributed by atoms with Crippen LogP contribution in [-0.4, -0.2) is 57.4 Å². The molecular weight excluding hydrogens is 577 g/mol. The highest BCUT2D eigenvalue weighted by Crippen LogP contribution is 2.31. The van der Waals surface area contributed by atoms with Crippen molar-refractivity contribution in [3.05, 3.63) is 75.5 Å². The number of sulfonamides is 1. The number of methoxy groups -OCH3 is 2. The predicted molar refractivity (Wildman–Crippen MR) is 153 cm³/mol. The van der Waals surface area contributed by atoms with Crippen molar-refractivity contribution in [3.8, 4) is 11.5 Å². The van der Waals surface area contributed by atoms with Gasteiger partial charge in [0.25, 0.3) is 0 Å². The van der Waals surface area contributed by atoms with Gasteiger partial charge in [0.15, 0.2) is 11.5 Å². The number of carbonyl (C=O) groups excluding carboxylic acids is 1. The third-order valence-electron chi connectivity index (χ3n) is 6.49. The quantitative estimate of drug-likeness (QED) is 0.218. The topological polar surface area (TPSA) is 76.2 Å². The first-order valence-corrected chi connectivity index (χ1v) is 15.4. The van der Waals surface area contributed by atoms with E-state index in [4.69, 9.17) is 9.47 Å². The van der Waals surface area contributed by atoms with Crippen molar-refractivity contribution >= 4 is 27.3 Å². The van der Waals surface area contributed by atoms with Crippen LogP contribution in [0.15, 0.2) is 59.5 Å². The SMILES string of the molecule is CCCCN(CC(=O)N(CCc1ccc(OC)c(OC)c1)Cc1ccc(C)s1)S(=O)(=O)c1cccc(C(F)(F)F)c1. The lowest BCUT2D eigenvalue weighted by Crippen LogP contribution is -2.43. The Balaban J connectivity index is 1.88. The molecule has 0 spiro atoms. The molecule has 0 aliphatic carbocycles. The second-order valence-corrected chi connectivity index (χ2v) is 12.8. The molecule has 3 aromatic rings. The first-order chi connectivity index (χ1) is 19.4. The lowest BCUT2D eigenvalue weighted by atomic mass is 10.1. The Labute approximate surface area is 243 Å². The Morgan fingerprint density at radius 1 is 0.976 bits per heavy atom. The van der Waals surface area contributed by atoms with E-state index in [0.29, 0.717) is 36.8 Å². The number of aryl methyl sites for hydroxylation is 1. The zero-order chi connectivity index (χ0) is 30.2. The zero-order valence-corrected chi connectivity index (χ0v) is 25.2. The molecule has 2 aromatic carbocycles. The molecule has 0 radical (unpaired) electrons. The number of benzene rings is 2. The summed E-state index contributed by atoms with van der Waals surface area (Å²) in [7, 11) is -1.30. The van der Waals surface area contributed by atoms with E-state index in [1.54, 1.807) is 18.1 Å². The van der Waals surface area contributed by atoms with Crippen molar-refractivity contribution in [2.24, 2.45) is 0 Å². The number of halogens is 3. The van der Waals surface area contributed by atoms with Gasteiger partial charge in [0, 0.05) is 22.8 Å². The normalized spacial score (nSPS) is 12.0. The van der Waals surface area contributed by atoms with Gasteiger partial charge in [0.2, 0.25) is 15.9 Å². The van der Waals surface area contributed by atoms with Gasteiger partial charge < -0.3 is 14.4 Å². The smallest absolute Gasteiger partial charge is 0.416 e. The van der Waals surface area contributed by atoms with Crippen molar-refractivity contribution in [2.45, 2.75) is 50.7 Å². The van der Waals surface area contributed by atoms with E-state index >= 15 is 0 Å². The summed E-state index contributed by atoms with van der Waals surface area (Å²) in [6.07, 6.45) is -3.15. The van der Waals surface area contributed by atoms with E-state index in [9.17, 15) is 26.4 Å². The number of alkyl halides is 3. The number of unbranched alkanes of at least 4 members (excludes halogenated alkanes) is 1. The van der Waals surface area contributed by atoms with Crippen LogP contribution >= 0.6 is 11.3 Å². The molecule has 0 fully saturated rings. The summed E-state index contributed by atoms with van der Waals surface area (Å²) in [6.45, 7) is 3.90. The summed E-state index contributed by atoms with van der Waals surface area (Å²) in [4.78, 5) is 16.8. The number of rotatable bonds is 14. The van der Waals surface area contributed by atoms with Crippen LogP contribution in [0.4, 0.5) is 13.2 Å². The lowest BCUT2D eigenvalue weighted by Gasteiger charge is -2.27. The average Bonchev–Trinajstić information content (AvgIpc) is 3.36. The van der Waals surface area contributed by atoms with Crippen molar-refractivity contribution in [2.75, 3.05) is 33.9 Å². The molecule has 0 unspecified atom stereocenters. The summed E-state index contributed by atoms with van der Waals surface area (Å²) in [6, 6.07) is 12.9. The molecule has 0 saturated carbocycles. The molecule has 0 N–H and O–H groups in total. The molecule has 0 atom stereocenters. The second-order valence-electron chi connectivity index (χ2n) is 9.48. The number of hydrogen-bond donors (Lipinski definition) is 0. The highest BCUT2D eigenvalue weighted by Gasteiger charge is 2.34. The molecule has 3 rings (SSSR count). The fourth-order valence-electron chi connectivity index (χ4n) is 4.20. The van der Waals surface area contributed by atoms with Crippen molar-refractivity contribution < 1.29 is 35.9 Å². The Bertz CT molecular complexity index is 1420. The molecular formula is C29H35F3N2O5S2. The monoisotopic (exact) mass is 612 g/mol. The molecule has 0 aliphatic heterocycles. The summed E-state index contributed by atoms with van der Waals surface area (Å²) >= 11 is 1.54. The van der Waals surface area contributed by atoms with Crippen LogP contribution in [0, 0.1) is 6.92 Å². The summed E-state index contributed by atoms with van der Waals surface area (Å²) < 4.78 is 78.6. The average molecular weight is 613 g/mol. The Kier molecular flexibility index (Phi) is 11.2. The van der Waals surface area contributed by atoms with Gasteiger partial charge in [-0.2, -0.15) is 17.5 Å². The Morgan fingerprint density at radius 2 is 1.71 bits per heavy atom. The molecule has 0 bridgehead atoms. The van der Waals surface area contributed by atoms with Crippen LogP contribution in [0.2, 0.25) is 0 Å². The minimum Gasteiger partial charge on any atom is -0.493 e. The van der Waals surface area contributed by atoms with E-state index in [1.807, 2.05) is 38.1 Å². The standard InChI is InChI=1S/C29H35F3N2O5S2/c1-5-6-15-34(41(36,37)25-9-7-8-23(18-25)29(30,31)32)20-28(35)33(19-24-12-10-21(2)40-24)16-14-22-11-13-26(38-3)27(17-22)39-4/h7-13,17-18H,5-6,14-16,19-20H2,1-4H3. The van der Waals surface area contributed by atoms with Gasteiger partial charge in [-0.15, -0.1) is 11.3 Å². The van der Waals surface area contributed by atoms with Gasteiger partial charge >= 0.3 is 6.18 Å². The molecule has 7 nitrogen and oxygen atoms in total.